The molecule has 4 nitrogen and oxygen atoms in total. The summed E-state index contributed by atoms with van der Waals surface area (Å²) in [4.78, 5) is 13.1. The maximum atomic E-state index is 12.4. The number of piperidine rings is 1. The number of hydrogen-bond donors (Lipinski definition) is 1. The van der Waals surface area contributed by atoms with E-state index in [1.54, 1.807) is 18.0 Å². The van der Waals surface area contributed by atoms with Gasteiger partial charge in [-0.05, 0) is 24.6 Å². The second kappa shape index (κ2) is 7.04. The van der Waals surface area contributed by atoms with Crippen molar-refractivity contribution in [3.8, 4) is 5.75 Å². The summed E-state index contributed by atoms with van der Waals surface area (Å²) in [6.45, 7) is -1.91. The normalized spacial score (nSPS) is 19.2. The van der Waals surface area contributed by atoms with Gasteiger partial charge in [-0.15, -0.1) is 0 Å². The Morgan fingerprint density at radius 1 is 1.52 bits per heavy atom. The van der Waals surface area contributed by atoms with E-state index in [1.165, 1.54) is 12.1 Å². The number of likely N-dealkylation sites (N-methyl/N-ethyl adjacent to an activating group) is 1. The van der Waals surface area contributed by atoms with Crippen LogP contribution in [-0.4, -0.2) is 37.1 Å². The van der Waals surface area contributed by atoms with Crippen LogP contribution in [0, 0.1) is 0 Å². The Kier molecular flexibility index (Phi) is 5.36. The first kappa shape index (κ1) is 16.0. The van der Waals surface area contributed by atoms with Crippen molar-refractivity contribution in [2.45, 2.75) is 32.0 Å². The molecule has 0 spiro atoms. The van der Waals surface area contributed by atoms with Crippen LogP contribution >= 0.6 is 11.6 Å². The molecule has 1 aliphatic heterocycles. The van der Waals surface area contributed by atoms with Crippen molar-refractivity contribution in [1.82, 2.24) is 10.2 Å². The molecule has 0 aliphatic carbocycles. The van der Waals surface area contributed by atoms with E-state index in [4.69, 9.17) is 11.6 Å². The summed E-state index contributed by atoms with van der Waals surface area (Å²) in [5.74, 6) is 0.236. The maximum Gasteiger partial charge on any atom is 0.387 e. The molecule has 1 N–H and O–H groups in total. The minimum Gasteiger partial charge on any atom is -0.434 e. The molecular weight excluding hydrogens is 302 g/mol. The van der Waals surface area contributed by atoms with Gasteiger partial charge in [-0.25, -0.2) is 0 Å². The fraction of sp³-hybridized carbons (Fsp3) is 0.500. The van der Waals surface area contributed by atoms with Crippen LogP contribution < -0.4 is 10.1 Å². The van der Waals surface area contributed by atoms with E-state index in [0.29, 0.717) is 30.1 Å². The van der Waals surface area contributed by atoms with Crippen molar-refractivity contribution in [1.29, 1.82) is 0 Å². The molecule has 21 heavy (non-hydrogen) atoms. The molecule has 116 valence electrons. The van der Waals surface area contributed by atoms with Gasteiger partial charge in [0.1, 0.15) is 5.75 Å². The predicted molar refractivity (Wildman–Crippen MR) is 75.6 cm³/mol. The standard InChI is InChI=1S/C14H17ClF2N2O2/c1-19-8-11(3-5-13(19)20)18-7-9-6-10(15)2-4-12(9)21-14(16)17/h2,4,6,11,14,18H,3,5,7-8H2,1H3. The molecule has 1 fully saturated rings. The molecule has 1 aromatic rings. The number of carbonyl (C=O) groups excluding carboxylic acids is 1. The van der Waals surface area contributed by atoms with Gasteiger partial charge in [-0.1, -0.05) is 11.6 Å². The van der Waals surface area contributed by atoms with Crippen LogP contribution in [0.4, 0.5) is 8.78 Å². The van der Waals surface area contributed by atoms with Crippen LogP contribution in [0.15, 0.2) is 18.2 Å². The minimum absolute atomic E-state index is 0.113. The summed E-state index contributed by atoms with van der Waals surface area (Å²) < 4.78 is 29.2. The number of hydrogen-bond acceptors (Lipinski definition) is 3. The lowest BCUT2D eigenvalue weighted by atomic mass is 10.1. The van der Waals surface area contributed by atoms with Gasteiger partial charge in [0.2, 0.25) is 5.91 Å². The van der Waals surface area contributed by atoms with Crippen molar-refractivity contribution in [3.05, 3.63) is 28.8 Å². The third-order valence-corrected chi connectivity index (χ3v) is 3.68. The highest BCUT2D eigenvalue weighted by Gasteiger charge is 2.22. The molecule has 1 aliphatic rings. The number of alkyl halides is 2. The van der Waals surface area contributed by atoms with Crippen LogP contribution in [0.5, 0.6) is 5.75 Å². The van der Waals surface area contributed by atoms with E-state index in [2.05, 4.69) is 10.1 Å². The van der Waals surface area contributed by atoms with E-state index < -0.39 is 6.61 Å². The van der Waals surface area contributed by atoms with Gasteiger partial charge in [-0.2, -0.15) is 8.78 Å². The first-order valence-corrected chi connectivity index (χ1v) is 7.04. The number of ether oxygens (including phenoxy) is 1. The highest BCUT2D eigenvalue weighted by Crippen LogP contribution is 2.25. The molecule has 1 aromatic carbocycles. The lowest BCUT2D eigenvalue weighted by Crippen LogP contribution is -2.46. The first-order valence-electron chi connectivity index (χ1n) is 6.66. The maximum absolute atomic E-state index is 12.4. The molecule has 2 rings (SSSR count). The summed E-state index contributed by atoms with van der Waals surface area (Å²) in [7, 11) is 1.75. The van der Waals surface area contributed by atoms with Crippen molar-refractivity contribution in [3.63, 3.8) is 0 Å². The third kappa shape index (κ3) is 4.54. The first-order chi connectivity index (χ1) is 9.95. The number of benzene rings is 1. The Morgan fingerprint density at radius 2 is 2.29 bits per heavy atom. The molecule has 1 saturated heterocycles. The second-order valence-electron chi connectivity index (χ2n) is 5.02. The molecule has 1 atom stereocenters. The molecule has 0 aromatic heterocycles. The van der Waals surface area contributed by atoms with Gasteiger partial charge in [0, 0.05) is 43.2 Å². The van der Waals surface area contributed by atoms with Gasteiger partial charge in [-0.3, -0.25) is 4.79 Å². The monoisotopic (exact) mass is 318 g/mol. The van der Waals surface area contributed by atoms with Crippen LogP contribution in [0.3, 0.4) is 0 Å². The molecule has 7 heteroatoms. The molecule has 1 unspecified atom stereocenters. The number of halogens is 3. The van der Waals surface area contributed by atoms with E-state index in [0.717, 1.165) is 6.42 Å². The Hall–Kier alpha value is -1.40. The Balaban J connectivity index is 1.99. The van der Waals surface area contributed by atoms with E-state index in [1.807, 2.05) is 0 Å². The average Bonchev–Trinajstić information content (AvgIpc) is 2.42. The van der Waals surface area contributed by atoms with E-state index in [9.17, 15) is 13.6 Å². The largest absolute Gasteiger partial charge is 0.434 e. The number of carbonyl (C=O) groups is 1. The van der Waals surface area contributed by atoms with Crippen molar-refractivity contribution in [2.24, 2.45) is 0 Å². The summed E-state index contributed by atoms with van der Waals surface area (Å²) in [5, 5.41) is 3.71. The third-order valence-electron chi connectivity index (χ3n) is 3.45. The number of nitrogens with zero attached hydrogens (tertiary/aromatic N) is 1. The SMILES string of the molecule is CN1CC(NCc2cc(Cl)ccc2OC(F)F)CCC1=O. The fourth-order valence-corrected chi connectivity index (χ4v) is 2.52. The Bertz CT molecular complexity index is 514. The lowest BCUT2D eigenvalue weighted by Gasteiger charge is -2.30. The van der Waals surface area contributed by atoms with Gasteiger partial charge in [0.25, 0.3) is 0 Å². The fourth-order valence-electron chi connectivity index (χ4n) is 2.33. The van der Waals surface area contributed by atoms with Crippen LogP contribution in [0.1, 0.15) is 18.4 Å². The second-order valence-corrected chi connectivity index (χ2v) is 5.46. The van der Waals surface area contributed by atoms with Gasteiger partial charge in [0.15, 0.2) is 0 Å². The van der Waals surface area contributed by atoms with Crippen molar-refractivity contribution in [2.75, 3.05) is 13.6 Å². The molecular formula is C14H17ClF2N2O2. The van der Waals surface area contributed by atoms with Crippen LogP contribution in [0.25, 0.3) is 0 Å². The number of amides is 1. The zero-order chi connectivity index (χ0) is 15.4. The topological polar surface area (TPSA) is 41.6 Å². The average molecular weight is 319 g/mol. The lowest BCUT2D eigenvalue weighted by molar-refractivity contribution is -0.132. The van der Waals surface area contributed by atoms with Gasteiger partial charge in [0.05, 0.1) is 0 Å². The zero-order valence-electron chi connectivity index (χ0n) is 11.6. The number of nitrogens with one attached hydrogen (secondary N) is 1. The van der Waals surface area contributed by atoms with E-state index in [-0.39, 0.29) is 17.7 Å². The summed E-state index contributed by atoms with van der Waals surface area (Å²) in [6, 6.07) is 4.67. The van der Waals surface area contributed by atoms with Gasteiger partial charge < -0.3 is 15.0 Å². The van der Waals surface area contributed by atoms with Crippen LogP contribution in [0.2, 0.25) is 5.02 Å². The number of rotatable bonds is 5. The smallest absolute Gasteiger partial charge is 0.387 e. The molecule has 0 saturated carbocycles. The molecule has 1 heterocycles. The highest BCUT2D eigenvalue weighted by molar-refractivity contribution is 6.30. The molecule has 0 bridgehead atoms. The molecule has 0 radical (unpaired) electrons. The van der Waals surface area contributed by atoms with E-state index >= 15 is 0 Å². The highest BCUT2D eigenvalue weighted by atomic mass is 35.5. The zero-order valence-corrected chi connectivity index (χ0v) is 12.4. The van der Waals surface area contributed by atoms with Crippen LogP contribution in [-0.2, 0) is 11.3 Å². The predicted octanol–water partition coefficient (Wildman–Crippen LogP) is 2.65. The van der Waals surface area contributed by atoms with Crippen molar-refractivity contribution < 1.29 is 18.3 Å². The summed E-state index contributed by atoms with van der Waals surface area (Å²) >= 11 is 5.89. The minimum atomic E-state index is -2.87. The van der Waals surface area contributed by atoms with Crippen molar-refractivity contribution >= 4 is 17.5 Å². The summed E-state index contributed by atoms with van der Waals surface area (Å²) in [5.41, 5.74) is 0.572. The van der Waals surface area contributed by atoms with Gasteiger partial charge >= 0.3 is 6.61 Å². The summed E-state index contributed by atoms with van der Waals surface area (Å²) in [6.07, 6.45) is 1.22. The number of likely N-dealkylation sites (tertiary alicyclic amines) is 1. The Morgan fingerprint density at radius 3 is 2.95 bits per heavy atom. The quantitative estimate of drug-likeness (QED) is 0.907. The Labute approximate surface area is 127 Å². The molecule has 1 amide bonds.